The fourth-order valence-corrected chi connectivity index (χ4v) is 6.33. The van der Waals surface area contributed by atoms with Gasteiger partial charge >= 0.3 is 0 Å². The van der Waals surface area contributed by atoms with E-state index in [4.69, 9.17) is 4.98 Å². The van der Waals surface area contributed by atoms with Crippen molar-refractivity contribution in [1.29, 1.82) is 0 Å². The summed E-state index contributed by atoms with van der Waals surface area (Å²) in [5.41, 5.74) is 8.25. The third-order valence-electron chi connectivity index (χ3n) is 7.48. The molecular weight excluding hydrogens is 476 g/mol. The highest BCUT2D eigenvalue weighted by Gasteiger charge is 2.16. The average molecular weight is 505 g/mol. The van der Waals surface area contributed by atoms with Crippen molar-refractivity contribution >= 4 is 33.1 Å². The zero-order valence-electron chi connectivity index (χ0n) is 20.5. The number of aromatic amines is 2. The van der Waals surface area contributed by atoms with E-state index in [0.717, 1.165) is 58.1 Å². The fraction of sp³-hybridized carbons (Fsp3) is 0.233. The fourth-order valence-electron chi connectivity index (χ4n) is 5.57. The normalized spacial score (nSPS) is 14.3. The number of pyridine rings is 2. The maximum Gasteiger partial charge on any atom is 0.116 e. The van der Waals surface area contributed by atoms with Crippen LogP contribution in [0.1, 0.15) is 31.2 Å². The molecule has 5 heterocycles. The first kappa shape index (κ1) is 22.4. The van der Waals surface area contributed by atoms with E-state index in [1.54, 1.807) is 11.3 Å². The minimum absolute atomic E-state index is 0.825. The molecule has 1 aromatic carbocycles. The lowest BCUT2D eigenvalue weighted by atomic mass is 10.1. The predicted molar refractivity (Wildman–Crippen MR) is 151 cm³/mol. The van der Waals surface area contributed by atoms with Crippen LogP contribution in [0.4, 0.5) is 0 Å². The summed E-state index contributed by atoms with van der Waals surface area (Å²) in [6.07, 6.45) is 11.2. The van der Waals surface area contributed by atoms with E-state index in [0.29, 0.717) is 0 Å². The van der Waals surface area contributed by atoms with Crippen molar-refractivity contribution in [1.82, 2.24) is 30.5 Å². The number of nitrogens with one attached hydrogen (secondary N) is 3. The van der Waals surface area contributed by atoms with Gasteiger partial charge in [-0.1, -0.05) is 31.0 Å². The van der Waals surface area contributed by atoms with Crippen molar-refractivity contribution in [3.63, 3.8) is 0 Å². The van der Waals surface area contributed by atoms with Gasteiger partial charge in [-0.25, -0.2) is 0 Å². The summed E-state index contributed by atoms with van der Waals surface area (Å²) in [7, 11) is 0. The SMILES string of the molecule is c1csc(-c2cccc3[nH]c(-c4n[nH]c5cnc(-c6cncc(CNCC7CCCC7)c6)cc45)cc23)c1. The third kappa shape index (κ3) is 4.34. The van der Waals surface area contributed by atoms with Crippen LogP contribution in [0.5, 0.6) is 0 Å². The molecule has 1 saturated carbocycles. The van der Waals surface area contributed by atoms with Crippen LogP contribution in [-0.2, 0) is 6.54 Å². The van der Waals surface area contributed by atoms with Gasteiger partial charge in [0, 0.05) is 51.2 Å². The first-order valence-electron chi connectivity index (χ1n) is 13.0. The van der Waals surface area contributed by atoms with E-state index >= 15 is 0 Å². The highest BCUT2D eigenvalue weighted by Crippen LogP contribution is 2.36. The van der Waals surface area contributed by atoms with Crippen LogP contribution in [0.15, 0.2) is 72.5 Å². The lowest BCUT2D eigenvalue weighted by Crippen LogP contribution is -2.20. The minimum Gasteiger partial charge on any atom is -0.353 e. The molecule has 1 aliphatic carbocycles. The van der Waals surface area contributed by atoms with Crippen LogP contribution in [0.3, 0.4) is 0 Å². The Morgan fingerprint density at radius 1 is 0.946 bits per heavy atom. The molecule has 6 aromatic rings. The summed E-state index contributed by atoms with van der Waals surface area (Å²) in [6.45, 7) is 1.92. The second-order valence-corrected chi connectivity index (χ2v) is 10.9. The van der Waals surface area contributed by atoms with Crippen LogP contribution < -0.4 is 5.32 Å². The number of hydrogen-bond acceptors (Lipinski definition) is 5. The number of aromatic nitrogens is 5. The lowest BCUT2D eigenvalue weighted by Gasteiger charge is -2.11. The molecule has 6 nitrogen and oxygen atoms in total. The van der Waals surface area contributed by atoms with Crippen molar-refractivity contribution in [2.75, 3.05) is 6.54 Å². The van der Waals surface area contributed by atoms with Crippen LogP contribution in [0.25, 0.3) is 54.9 Å². The molecule has 37 heavy (non-hydrogen) atoms. The first-order chi connectivity index (χ1) is 18.3. The molecule has 0 radical (unpaired) electrons. The van der Waals surface area contributed by atoms with Crippen molar-refractivity contribution in [3.8, 4) is 33.1 Å². The van der Waals surface area contributed by atoms with Crippen molar-refractivity contribution < 1.29 is 0 Å². The second kappa shape index (κ2) is 9.57. The Labute approximate surface area is 219 Å². The summed E-state index contributed by atoms with van der Waals surface area (Å²) in [6, 6.07) is 17.2. The first-order valence-corrected chi connectivity index (χ1v) is 13.8. The smallest absolute Gasteiger partial charge is 0.116 e. The van der Waals surface area contributed by atoms with E-state index in [1.165, 1.54) is 47.1 Å². The topological polar surface area (TPSA) is 82.3 Å². The summed E-state index contributed by atoms with van der Waals surface area (Å²) in [5, 5.41) is 15.8. The van der Waals surface area contributed by atoms with Gasteiger partial charge < -0.3 is 10.3 Å². The highest BCUT2D eigenvalue weighted by atomic mass is 32.1. The quantitative estimate of drug-likeness (QED) is 0.215. The maximum absolute atomic E-state index is 4.72. The predicted octanol–water partition coefficient (Wildman–Crippen LogP) is 7.18. The Bertz CT molecular complexity index is 1670. The van der Waals surface area contributed by atoms with E-state index in [9.17, 15) is 0 Å². The van der Waals surface area contributed by atoms with Gasteiger partial charge in [0.1, 0.15) is 5.69 Å². The molecule has 0 saturated heterocycles. The molecule has 0 atom stereocenters. The van der Waals surface area contributed by atoms with Gasteiger partial charge in [0.25, 0.3) is 0 Å². The van der Waals surface area contributed by atoms with E-state index in [1.807, 2.05) is 18.6 Å². The molecule has 1 aliphatic rings. The number of hydrogen-bond donors (Lipinski definition) is 3. The summed E-state index contributed by atoms with van der Waals surface area (Å²) >= 11 is 1.76. The summed E-state index contributed by atoms with van der Waals surface area (Å²) < 4.78 is 0. The Morgan fingerprint density at radius 3 is 2.78 bits per heavy atom. The molecular formula is C30H28N6S. The zero-order chi connectivity index (χ0) is 24.6. The molecule has 0 amide bonds. The molecule has 5 aromatic heterocycles. The largest absolute Gasteiger partial charge is 0.353 e. The van der Waals surface area contributed by atoms with Gasteiger partial charge in [0.15, 0.2) is 0 Å². The Hall–Kier alpha value is -3.81. The van der Waals surface area contributed by atoms with Gasteiger partial charge in [-0.05, 0) is 66.6 Å². The number of nitrogens with zero attached hydrogens (tertiary/aromatic N) is 3. The van der Waals surface area contributed by atoms with Crippen LogP contribution in [0.2, 0.25) is 0 Å². The standard InChI is InChI=1S/C30H28N6S/c1-2-6-19(5-1)14-31-15-20-11-21(17-32-16-20)26-13-24-28(18-33-26)35-36-30(24)27-12-23-22(29-9-4-10-37-29)7-3-8-25(23)34-27/h3-4,7-13,16-19,31,34H,1-2,5-6,14-15H2,(H,35,36). The van der Waals surface area contributed by atoms with E-state index in [-0.39, 0.29) is 0 Å². The van der Waals surface area contributed by atoms with E-state index < -0.39 is 0 Å². The Balaban J connectivity index is 1.20. The molecule has 0 bridgehead atoms. The monoisotopic (exact) mass is 504 g/mol. The van der Waals surface area contributed by atoms with Gasteiger partial charge in [-0.2, -0.15) is 5.10 Å². The average Bonchev–Trinajstić information content (AvgIpc) is 3.74. The molecule has 3 N–H and O–H groups in total. The number of thiophene rings is 1. The summed E-state index contributed by atoms with van der Waals surface area (Å²) in [4.78, 5) is 14.1. The van der Waals surface area contributed by atoms with E-state index in [2.05, 4.69) is 79.4 Å². The second-order valence-electron chi connectivity index (χ2n) is 9.98. The Morgan fingerprint density at radius 2 is 1.89 bits per heavy atom. The van der Waals surface area contributed by atoms with Gasteiger partial charge in [-0.3, -0.25) is 15.1 Å². The summed E-state index contributed by atoms with van der Waals surface area (Å²) in [5.74, 6) is 0.825. The van der Waals surface area contributed by atoms with Gasteiger partial charge in [0.2, 0.25) is 0 Å². The van der Waals surface area contributed by atoms with Crippen LogP contribution in [-0.4, -0.2) is 31.7 Å². The molecule has 184 valence electrons. The van der Waals surface area contributed by atoms with Crippen molar-refractivity contribution in [3.05, 3.63) is 78.1 Å². The van der Waals surface area contributed by atoms with Crippen LogP contribution >= 0.6 is 11.3 Å². The third-order valence-corrected chi connectivity index (χ3v) is 8.38. The molecule has 0 unspecified atom stereocenters. The molecule has 0 aliphatic heterocycles. The minimum atomic E-state index is 0.825. The zero-order valence-corrected chi connectivity index (χ0v) is 21.3. The van der Waals surface area contributed by atoms with Crippen molar-refractivity contribution in [2.45, 2.75) is 32.2 Å². The van der Waals surface area contributed by atoms with Crippen LogP contribution in [0, 0.1) is 5.92 Å². The number of benzene rings is 1. The van der Waals surface area contributed by atoms with Gasteiger partial charge in [0.05, 0.1) is 23.1 Å². The Kier molecular flexibility index (Phi) is 5.79. The molecule has 1 fully saturated rings. The maximum atomic E-state index is 4.72. The lowest BCUT2D eigenvalue weighted by molar-refractivity contribution is 0.489. The van der Waals surface area contributed by atoms with Gasteiger partial charge in [-0.15, -0.1) is 11.3 Å². The number of rotatable bonds is 7. The number of fused-ring (bicyclic) bond motifs is 2. The molecule has 0 spiro atoms. The van der Waals surface area contributed by atoms with Crippen molar-refractivity contribution in [2.24, 2.45) is 5.92 Å². The number of H-pyrrole nitrogens is 2. The highest BCUT2D eigenvalue weighted by molar-refractivity contribution is 7.13. The molecule has 7 heteroatoms. The molecule has 7 rings (SSSR count).